The molecule has 0 aliphatic heterocycles. The summed E-state index contributed by atoms with van der Waals surface area (Å²) in [5.41, 5.74) is 0.319. The van der Waals surface area contributed by atoms with Gasteiger partial charge in [-0.25, -0.2) is 0 Å². The zero-order valence-electron chi connectivity index (χ0n) is 11.8. The standard InChI is InChI=1S/C15H18ClNO4/c1-21-13-7-6-9(16)8-11(13)14(18)17-12-5-3-2-4-10(12)15(19)20/h6-8,10,12H,2-5H2,1H3,(H,17,18)(H,19,20). The van der Waals surface area contributed by atoms with Crippen molar-refractivity contribution in [2.75, 3.05) is 7.11 Å². The number of carboxylic acid groups (broad SMARTS) is 1. The van der Waals surface area contributed by atoms with Crippen molar-refractivity contribution in [2.45, 2.75) is 31.7 Å². The summed E-state index contributed by atoms with van der Waals surface area (Å²) in [7, 11) is 1.47. The van der Waals surface area contributed by atoms with E-state index in [0.717, 1.165) is 12.8 Å². The number of nitrogens with one attached hydrogen (secondary N) is 1. The van der Waals surface area contributed by atoms with Crippen LogP contribution in [-0.4, -0.2) is 30.1 Å². The number of methoxy groups -OCH3 is 1. The van der Waals surface area contributed by atoms with Gasteiger partial charge in [-0.3, -0.25) is 9.59 Å². The molecule has 0 aromatic heterocycles. The predicted octanol–water partition coefficient (Wildman–Crippen LogP) is 2.72. The summed E-state index contributed by atoms with van der Waals surface area (Å²) in [6, 6.07) is 4.42. The van der Waals surface area contributed by atoms with Gasteiger partial charge in [0, 0.05) is 11.1 Å². The fourth-order valence-corrected chi connectivity index (χ4v) is 2.88. The van der Waals surface area contributed by atoms with Crippen LogP contribution in [0, 0.1) is 5.92 Å². The minimum atomic E-state index is -0.863. The number of carboxylic acids is 1. The zero-order chi connectivity index (χ0) is 15.4. The highest BCUT2D eigenvalue weighted by molar-refractivity contribution is 6.31. The van der Waals surface area contributed by atoms with E-state index in [-0.39, 0.29) is 11.9 Å². The van der Waals surface area contributed by atoms with E-state index in [1.54, 1.807) is 12.1 Å². The number of hydrogen-bond donors (Lipinski definition) is 2. The molecule has 1 aromatic carbocycles. The van der Waals surface area contributed by atoms with Crippen LogP contribution in [0.4, 0.5) is 0 Å². The monoisotopic (exact) mass is 311 g/mol. The average Bonchev–Trinajstić information content (AvgIpc) is 2.47. The fourth-order valence-electron chi connectivity index (χ4n) is 2.70. The summed E-state index contributed by atoms with van der Waals surface area (Å²) in [6.45, 7) is 0. The van der Waals surface area contributed by atoms with Crippen LogP contribution in [0.1, 0.15) is 36.0 Å². The molecular weight excluding hydrogens is 294 g/mol. The first-order chi connectivity index (χ1) is 10.0. The molecule has 1 fully saturated rings. The Balaban J connectivity index is 2.17. The first-order valence-corrected chi connectivity index (χ1v) is 7.28. The zero-order valence-corrected chi connectivity index (χ0v) is 12.5. The van der Waals surface area contributed by atoms with Crippen molar-refractivity contribution in [3.8, 4) is 5.75 Å². The van der Waals surface area contributed by atoms with Gasteiger partial charge in [0.1, 0.15) is 5.75 Å². The largest absolute Gasteiger partial charge is 0.496 e. The van der Waals surface area contributed by atoms with Crippen molar-refractivity contribution >= 4 is 23.5 Å². The normalized spacial score (nSPS) is 21.6. The van der Waals surface area contributed by atoms with E-state index in [9.17, 15) is 14.7 Å². The second-order valence-corrected chi connectivity index (χ2v) is 5.59. The van der Waals surface area contributed by atoms with Crippen LogP contribution in [0.25, 0.3) is 0 Å². The molecule has 2 unspecified atom stereocenters. The molecule has 1 amide bonds. The van der Waals surface area contributed by atoms with Gasteiger partial charge in [-0.05, 0) is 31.0 Å². The number of aliphatic carboxylic acids is 1. The van der Waals surface area contributed by atoms with Crippen LogP contribution in [0.3, 0.4) is 0 Å². The van der Waals surface area contributed by atoms with Gasteiger partial charge in [-0.1, -0.05) is 24.4 Å². The van der Waals surface area contributed by atoms with Crippen molar-refractivity contribution in [3.05, 3.63) is 28.8 Å². The second kappa shape index (κ2) is 6.80. The predicted molar refractivity (Wildman–Crippen MR) is 78.9 cm³/mol. The summed E-state index contributed by atoms with van der Waals surface area (Å²) in [5, 5.41) is 12.5. The average molecular weight is 312 g/mol. The molecule has 21 heavy (non-hydrogen) atoms. The van der Waals surface area contributed by atoms with E-state index in [1.165, 1.54) is 13.2 Å². The van der Waals surface area contributed by atoms with Gasteiger partial charge in [-0.2, -0.15) is 0 Å². The van der Waals surface area contributed by atoms with Gasteiger partial charge >= 0.3 is 5.97 Å². The van der Waals surface area contributed by atoms with Crippen molar-refractivity contribution in [1.82, 2.24) is 5.32 Å². The number of rotatable bonds is 4. The maximum atomic E-state index is 12.4. The minimum absolute atomic E-state index is 0.319. The van der Waals surface area contributed by atoms with Crippen LogP contribution in [0.2, 0.25) is 5.02 Å². The van der Waals surface area contributed by atoms with Crippen LogP contribution in [0.5, 0.6) is 5.75 Å². The van der Waals surface area contributed by atoms with E-state index >= 15 is 0 Å². The molecule has 1 aliphatic rings. The minimum Gasteiger partial charge on any atom is -0.496 e. The Morgan fingerprint density at radius 2 is 2.05 bits per heavy atom. The van der Waals surface area contributed by atoms with E-state index < -0.39 is 11.9 Å². The Bertz CT molecular complexity index is 546. The van der Waals surface area contributed by atoms with Crippen LogP contribution in [0.15, 0.2) is 18.2 Å². The summed E-state index contributed by atoms with van der Waals surface area (Å²) < 4.78 is 5.15. The van der Waals surface area contributed by atoms with Gasteiger partial charge in [0.05, 0.1) is 18.6 Å². The van der Waals surface area contributed by atoms with Gasteiger partial charge in [0.15, 0.2) is 0 Å². The molecule has 6 heteroatoms. The van der Waals surface area contributed by atoms with Crippen LogP contribution in [-0.2, 0) is 4.79 Å². The van der Waals surface area contributed by atoms with Gasteiger partial charge < -0.3 is 15.2 Å². The molecule has 0 heterocycles. The molecule has 0 radical (unpaired) electrons. The number of ether oxygens (including phenoxy) is 1. The molecule has 1 aliphatic carbocycles. The van der Waals surface area contributed by atoms with E-state index in [1.807, 2.05) is 0 Å². The number of amides is 1. The third kappa shape index (κ3) is 3.67. The SMILES string of the molecule is COc1ccc(Cl)cc1C(=O)NC1CCCCC1C(=O)O. The number of hydrogen-bond acceptors (Lipinski definition) is 3. The summed E-state index contributed by atoms with van der Waals surface area (Å²) in [5.74, 6) is -1.34. The van der Waals surface area contributed by atoms with E-state index in [2.05, 4.69) is 5.32 Å². The Kier molecular flexibility index (Phi) is 5.07. The lowest BCUT2D eigenvalue weighted by molar-refractivity contribution is -0.143. The molecule has 114 valence electrons. The molecule has 0 bridgehead atoms. The third-order valence-electron chi connectivity index (χ3n) is 3.81. The quantitative estimate of drug-likeness (QED) is 0.896. The van der Waals surface area contributed by atoms with E-state index in [0.29, 0.717) is 29.2 Å². The molecule has 2 N–H and O–H groups in total. The van der Waals surface area contributed by atoms with Crippen LogP contribution < -0.4 is 10.1 Å². The third-order valence-corrected chi connectivity index (χ3v) is 4.04. The number of carbonyl (C=O) groups excluding carboxylic acids is 1. The maximum Gasteiger partial charge on any atom is 0.308 e. The lowest BCUT2D eigenvalue weighted by atomic mass is 9.84. The highest BCUT2D eigenvalue weighted by Crippen LogP contribution is 2.27. The Hall–Kier alpha value is -1.75. The summed E-state index contributed by atoms with van der Waals surface area (Å²) in [4.78, 5) is 23.6. The van der Waals surface area contributed by atoms with Crippen molar-refractivity contribution < 1.29 is 19.4 Å². The molecular formula is C15H18ClNO4. The van der Waals surface area contributed by atoms with Gasteiger partial charge in [-0.15, -0.1) is 0 Å². The Labute approximate surface area is 128 Å². The van der Waals surface area contributed by atoms with Crippen molar-refractivity contribution in [1.29, 1.82) is 0 Å². The first-order valence-electron chi connectivity index (χ1n) is 6.90. The molecule has 0 saturated heterocycles. The Morgan fingerprint density at radius 1 is 1.33 bits per heavy atom. The number of benzene rings is 1. The maximum absolute atomic E-state index is 12.4. The topological polar surface area (TPSA) is 75.6 Å². The van der Waals surface area contributed by atoms with Gasteiger partial charge in [0.2, 0.25) is 0 Å². The molecule has 2 rings (SSSR count). The first kappa shape index (κ1) is 15.6. The molecule has 2 atom stereocenters. The highest BCUT2D eigenvalue weighted by Gasteiger charge is 2.32. The van der Waals surface area contributed by atoms with Crippen LogP contribution >= 0.6 is 11.6 Å². The van der Waals surface area contributed by atoms with Crippen molar-refractivity contribution in [3.63, 3.8) is 0 Å². The van der Waals surface area contributed by atoms with E-state index in [4.69, 9.17) is 16.3 Å². The number of halogens is 1. The highest BCUT2D eigenvalue weighted by atomic mass is 35.5. The lowest BCUT2D eigenvalue weighted by Crippen LogP contribution is -2.45. The molecule has 1 aromatic rings. The van der Waals surface area contributed by atoms with Crippen molar-refractivity contribution in [2.24, 2.45) is 5.92 Å². The summed E-state index contributed by atoms with van der Waals surface area (Å²) >= 11 is 5.91. The second-order valence-electron chi connectivity index (χ2n) is 5.15. The summed E-state index contributed by atoms with van der Waals surface area (Å²) in [6.07, 6.45) is 3.06. The number of carbonyl (C=O) groups is 2. The molecule has 0 spiro atoms. The fraction of sp³-hybridized carbons (Fsp3) is 0.467. The molecule has 1 saturated carbocycles. The Morgan fingerprint density at radius 3 is 2.71 bits per heavy atom. The van der Waals surface area contributed by atoms with Gasteiger partial charge in [0.25, 0.3) is 5.91 Å². The lowest BCUT2D eigenvalue weighted by Gasteiger charge is -2.29. The molecule has 5 nitrogen and oxygen atoms in total. The smallest absolute Gasteiger partial charge is 0.308 e.